The quantitative estimate of drug-likeness (QED) is 0.650. The second-order valence-corrected chi connectivity index (χ2v) is 7.01. The van der Waals surface area contributed by atoms with Gasteiger partial charge in [-0.1, -0.05) is 24.9 Å². The minimum Gasteiger partial charge on any atom is -0.319 e. The summed E-state index contributed by atoms with van der Waals surface area (Å²) in [5.74, 6) is 1.83. The summed E-state index contributed by atoms with van der Waals surface area (Å²) in [6.45, 7) is 4.08. The molecule has 1 atom stereocenters. The molecule has 0 saturated heterocycles. The van der Waals surface area contributed by atoms with Gasteiger partial charge >= 0.3 is 0 Å². The molecular formula is C10H16ClOP. The predicted octanol–water partition coefficient (Wildman–Crippen LogP) is 4.19. The summed E-state index contributed by atoms with van der Waals surface area (Å²) in [4.78, 5) is 0. The van der Waals surface area contributed by atoms with Gasteiger partial charge in [-0.25, -0.2) is 0 Å². The number of unbranched alkanes of at least 4 members (excludes halogenated alkanes) is 1. The Balaban J connectivity index is 2.67. The lowest BCUT2D eigenvalue weighted by Gasteiger charge is -2.18. The first-order valence-corrected chi connectivity index (χ1v) is 7.22. The van der Waals surface area contributed by atoms with E-state index in [2.05, 4.69) is 6.92 Å². The van der Waals surface area contributed by atoms with Gasteiger partial charge in [0.05, 0.1) is 0 Å². The van der Waals surface area contributed by atoms with Crippen molar-refractivity contribution in [1.29, 1.82) is 0 Å². The number of allylic oxidation sites excluding steroid dienone is 3. The van der Waals surface area contributed by atoms with Crippen molar-refractivity contribution in [3.05, 3.63) is 22.5 Å². The second-order valence-electron chi connectivity index (χ2n) is 3.63. The molecule has 1 heterocycles. The molecule has 74 valence electrons. The maximum Gasteiger partial charge on any atom is 0.112 e. The van der Waals surface area contributed by atoms with E-state index in [9.17, 15) is 4.57 Å². The van der Waals surface area contributed by atoms with E-state index < -0.39 is 7.14 Å². The largest absolute Gasteiger partial charge is 0.319 e. The Hall–Kier alpha value is -0.0000000000000000555. The molecular weight excluding hydrogens is 203 g/mol. The Morgan fingerprint density at radius 3 is 2.85 bits per heavy atom. The molecule has 0 bridgehead atoms. The van der Waals surface area contributed by atoms with Gasteiger partial charge in [-0.3, -0.25) is 0 Å². The lowest BCUT2D eigenvalue weighted by Crippen LogP contribution is -1.99. The van der Waals surface area contributed by atoms with Gasteiger partial charge in [-0.2, -0.15) is 0 Å². The third-order valence-corrected chi connectivity index (χ3v) is 5.52. The molecule has 0 aromatic carbocycles. The first-order chi connectivity index (χ1) is 6.07. The van der Waals surface area contributed by atoms with Crippen LogP contribution in [0, 0.1) is 0 Å². The highest BCUT2D eigenvalue weighted by Gasteiger charge is 2.22. The van der Waals surface area contributed by atoms with Gasteiger partial charge in [0.25, 0.3) is 0 Å². The standard InChI is InChI=1S/C10H16ClOP/c1-3-4-6-13(12)7-5-10(11)9(2)8-13/h5,7H,3-4,6,8H2,1-2H3. The second kappa shape index (κ2) is 4.48. The van der Waals surface area contributed by atoms with Crippen LogP contribution >= 0.6 is 18.7 Å². The molecule has 1 nitrogen and oxygen atoms in total. The van der Waals surface area contributed by atoms with Gasteiger partial charge in [0.1, 0.15) is 7.14 Å². The summed E-state index contributed by atoms with van der Waals surface area (Å²) in [7, 11) is -2.05. The smallest absolute Gasteiger partial charge is 0.112 e. The molecule has 13 heavy (non-hydrogen) atoms. The lowest BCUT2D eigenvalue weighted by molar-refractivity contribution is 0.579. The zero-order valence-corrected chi connectivity index (χ0v) is 9.87. The van der Waals surface area contributed by atoms with Crippen molar-refractivity contribution < 1.29 is 4.57 Å². The Kier molecular flexibility index (Phi) is 3.82. The van der Waals surface area contributed by atoms with Crippen LogP contribution in [0.4, 0.5) is 0 Å². The molecule has 0 N–H and O–H groups in total. The van der Waals surface area contributed by atoms with E-state index in [1.165, 1.54) is 0 Å². The van der Waals surface area contributed by atoms with Gasteiger partial charge in [0, 0.05) is 17.4 Å². The molecule has 0 amide bonds. The van der Waals surface area contributed by atoms with Crippen LogP contribution in [0.15, 0.2) is 22.5 Å². The van der Waals surface area contributed by atoms with Crippen molar-refractivity contribution in [2.45, 2.75) is 26.7 Å². The third kappa shape index (κ3) is 3.00. The van der Waals surface area contributed by atoms with Gasteiger partial charge in [0.15, 0.2) is 0 Å². The fourth-order valence-electron chi connectivity index (χ4n) is 1.45. The average molecular weight is 219 g/mol. The molecule has 1 unspecified atom stereocenters. The number of hydrogen-bond donors (Lipinski definition) is 0. The van der Waals surface area contributed by atoms with Gasteiger partial charge in [-0.05, 0) is 30.8 Å². The maximum absolute atomic E-state index is 12.2. The van der Waals surface area contributed by atoms with Gasteiger partial charge in [0.2, 0.25) is 0 Å². The highest BCUT2D eigenvalue weighted by atomic mass is 35.5. The summed E-state index contributed by atoms with van der Waals surface area (Å²) in [6.07, 6.45) is 5.47. The lowest BCUT2D eigenvalue weighted by atomic mass is 10.3. The fraction of sp³-hybridized carbons (Fsp3) is 0.600. The van der Waals surface area contributed by atoms with Crippen LogP contribution in [0.1, 0.15) is 26.7 Å². The van der Waals surface area contributed by atoms with Crippen LogP contribution in [0.3, 0.4) is 0 Å². The van der Waals surface area contributed by atoms with E-state index in [4.69, 9.17) is 11.6 Å². The molecule has 0 spiro atoms. The highest BCUT2D eigenvalue weighted by Crippen LogP contribution is 2.52. The van der Waals surface area contributed by atoms with E-state index in [0.717, 1.165) is 29.6 Å². The van der Waals surface area contributed by atoms with Crippen molar-refractivity contribution in [1.82, 2.24) is 0 Å². The molecule has 0 radical (unpaired) electrons. The topological polar surface area (TPSA) is 17.1 Å². The van der Waals surface area contributed by atoms with E-state index in [0.29, 0.717) is 6.16 Å². The van der Waals surface area contributed by atoms with Crippen LogP contribution in [-0.4, -0.2) is 12.3 Å². The molecule has 1 rings (SSSR count). The Labute approximate surface area is 85.2 Å². The summed E-state index contributed by atoms with van der Waals surface area (Å²) in [5, 5.41) is 0.767. The molecule has 1 aliphatic heterocycles. The van der Waals surface area contributed by atoms with E-state index in [1.54, 1.807) is 6.08 Å². The zero-order valence-electron chi connectivity index (χ0n) is 8.22. The van der Waals surface area contributed by atoms with Crippen molar-refractivity contribution in [3.63, 3.8) is 0 Å². The number of rotatable bonds is 3. The summed E-state index contributed by atoms with van der Waals surface area (Å²) < 4.78 is 12.2. The van der Waals surface area contributed by atoms with Crippen LogP contribution in [-0.2, 0) is 4.57 Å². The monoisotopic (exact) mass is 218 g/mol. The fourth-order valence-corrected chi connectivity index (χ4v) is 4.42. The van der Waals surface area contributed by atoms with Crippen molar-refractivity contribution in [2.75, 3.05) is 12.3 Å². The highest BCUT2D eigenvalue weighted by molar-refractivity contribution is 7.67. The number of halogens is 1. The molecule has 0 fully saturated rings. The SMILES string of the molecule is CCCCP1(=O)C=CC(Cl)=C(C)C1. The summed E-state index contributed by atoms with van der Waals surface area (Å²) >= 11 is 5.90. The van der Waals surface area contributed by atoms with Crippen molar-refractivity contribution in [3.8, 4) is 0 Å². The molecule has 0 aliphatic carbocycles. The van der Waals surface area contributed by atoms with E-state index in [1.807, 2.05) is 12.7 Å². The Bertz CT molecular complexity index is 291. The van der Waals surface area contributed by atoms with Crippen LogP contribution in [0.5, 0.6) is 0 Å². The van der Waals surface area contributed by atoms with Crippen LogP contribution < -0.4 is 0 Å². The molecule has 0 aromatic heterocycles. The van der Waals surface area contributed by atoms with Crippen LogP contribution in [0.25, 0.3) is 0 Å². The van der Waals surface area contributed by atoms with Crippen LogP contribution in [0.2, 0.25) is 0 Å². The molecule has 0 saturated carbocycles. The first-order valence-electron chi connectivity index (χ1n) is 4.69. The Morgan fingerprint density at radius 2 is 2.31 bits per heavy atom. The molecule has 3 heteroatoms. The van der Waals surface area contributed by atoms with E-state index >= 15 is 0 Å². The van der Waals surface area contributed by atoms with Gasteiger partial charge < -0.3 is 4.57 Å². The third-order valence-electron chi connectivity index (χ3n) is 2.30. The average Bonchev–Trinajstić information content (AvgIpc) is 2.09. The minimum absolute atomic E-state index is 0.683. The predicted molar refractivity (Wildman–Crippen MR) is 59.9 cm³/mol. The Morgan fingerprint density at radius 1 is 1.62 bits per heavy atom. The zero-order chi connectivity index (χ0) is 9.90. The summed E-state index contributed by atoms with van der Waals surface area (Å²) in [6, 6.07) is 0. The maximum atomic E-state index is 12.2. The van der Waals surface area contributed by atoms with E-state index in [-0.39, 0.29) is 0 Å². The summed E-state index contributed by atoms with van der Waals surface area (Å²) in [5.41, 5.74) is 1.07. The minimum atomic E-state index is -2.05. The van der Waals surface area contributed by atoms with Crippen molar-refractivity contribution >= 4 is 18.7 Å². The first kappa shape index (κ1) is 11.1. The normalized spacial score (nSPS) is 28.2. The number of hydrogen-bond acceptors (Lipinski definition) is 1. The van der Waals surface area contributed by atoms with Crippen molar-refractivity contribution in [2.24, 2.45) is 0 Å². The molecule has 1 aliphatic rings. The van der Waals surface area contributed by atoms with Gasteiger partial charge in [-0.15, -0.1) is 0 Å². The molecule has 0 aromatic rings.